The van der Waals surface area contributed by atoms with Crippen LogP contribution in [0.15, 0.2) is 0 Å². The van der Waals surface area contributed by atoms with Gasteiger partial charge < -0.3 is 9.80 Å². The molecule has 20 heavy (non-hydrogen) atoms. The third-order valence-corrected chi connectivity index (χ3v) is 4.99. The standard InChI is InChI=1S/C15H30N4O/c1-13(18-9-5-16(3)6-10-18)15(20)14(2)19-11-7-17(4)8-12-19/h13-14H,5-12H2,1-4H3. The van der Waals surface area contributed by atoms with Gasteiger partial charge in [0.15, 0.2) is 5.78 Å². The number of Topliss-reactive ketones (excluding diaryl/α,β-unsaturated/α-hetero) is 1. The maximum atomic E-state index is 12.7. The fraction of sp³-hybridized carbons (Fsp3) is 0.933. The molecule has 2 aliphatic rings. The van der Waals surface area contributed by atoms with Crippen molar-refractivity contribution < 1.29 is 4.79 Å². The van der Waals surface area contributed by atoms with Gasteiger partial charge in [-0.2, -0.15) is 0 Å². The lowest BCUT2D eigenvalue weighted by molar-refractivity contribution is -0.129. The van der Waals surface area contributed by atoms with E-state index in [4.69, 9.17) is 0 Å². The topological polar surface area (TPSA) is 30.0 Å². The summed E-state index contributed by atoms with van der Waals surface area (Å²) in [6, 6.07) is 0.108. The second-order valence-corrected chi connectivity index (χ2v) is 6.43. The summed E-state index contributed by atoms with van der Waals surface area (Å²) < 4.78 is 0. The lowest BCUT2D eigenvalue weighted by Crippen LogP contribution is -2.56. The summed E-state index contributed by atoms with van der Waals surface area (Å²) in [7, 11) is 4.30. The van der Waals surface area contributed by atoms with Crippen LogP contribution in [0.3, 0.4) is 0 Å². The van der Waals surface area contributed by atoms with E-state index in [2.05, 4.69) is 47.5 Å². The van der Waals surface area contributed by atoms with Crippen LogP contribution >= 0.6 is 0 Å². The number of rotatable bonds is 4. The molecule has 0 radical (unpaired) electrons. The molecule has 0 aromatic heterocycles. The molecule has 2 aliphatic heterocycles. The van der Waals surface area contributed by atoms with Gasteiger partial charge in [0.25, 0.3) is 0 Å². The van der Waals surface area contributed by atoms with Crippen LogP contribution < -0.4 is 0 Å². The first-order valence-corrected chi connectivity index (χ1v) is 7.88. The van der Waals surface area contributed by atoms with Gasteiger partial charge in [-0.15, -0.1) is 0 Å². The molecule has 2 rings (SSSR count). The molecule has 0 amide bonds. The third kappa shape index (κ3) is 3.79. The fourth-order valence-electron chi connectivity index (χ4n) is 3.13. The Hall–Kier alpha value is -0.490. The summed E-state index contributed by atoms with van der Waals surface area (Å²) in [5.74, 6) is 0.388. The summed E-state index contributed by atoms with van der Waals surface area (Å²) in [5, 5.41) is 0. The Morgan fingerprint density at radius 1 is 0.700 bits per heavy atom. The molecule has 2 atom stereocenters. The van der Waals surface area contributed by atoms with Gasteiger partial charge in [0.2, 0.25) is 0 Å². The van der Waals surface area contributed by atoms with E-state index < -0.39 is 0 Å². The molecule has 0 aliphatic carbocycles. The van der Waals surface area contributed by atoms with Crippen molar-refractivity contribution in [3.8, 4) is 0 Å². The zero-order valence-corrected chi connectivity index (χ0v) is 13.5. The van der Waals surface area contributed by atoms with E-state index in [1.54, 1.807) is 0 Å². The van der Waals surface area contributed by atoms with Gasteiger partial charge in [-0.3, -0.25) is 14.6 Å². The van der Waals surface area contributed by atoms with Crippen LogP contribution in [0.5, 0.6) is 0 Å². The van der Waals surface area contributed by atoms with E-state index >= 15 is 0 Å². The Morgan fingerprint density at radius 3 is 1.30 bits per heavy atom. The molecule has 0 bridgehead atoms. The number of nitrogens with zero attached hydrogens (tertiary/aromatic N) is 4. The number of ketones is 1. The average Bonchev–Trinajstić information content (AvgIpc) is 2.46. The van der Waals surface area contributed by atoms with Crippen molar-refractivity contribution in [3.05, 3.63) is 0 Å². The van der Waals surface area contributed by atoms with E-state index in [0.29, 0.717) is 5.78 Å². The predicted octanol–water partition coefficient (Wildman–Crippen LogP) is -0.173. The molecule has 116 valence electrons. The highest BCUT2D eigenvalue weighted by molar-refractivity contribution is 5.88. The summed E-state index contributed by atoms with van der Waals surface area (Å²) >= 11 is 0. The fourth-order valence-corrected chi connectivity index (χ4v) is 3.13. The molecule has 0 aromatic rings. The Labute approximate surface area is 123 Å². The highest BCUT2D eigenvalue weighted by atomic mass is 16.1. The molecular weight excluding hydrogens is 252 g/mol. The van der Waals surface area contributed by atoms with Gasteiger partial charge in [0.05, 0.1) is 12.1 Å². The first kappa shape index (κ1) is 15.9. The number of carbonyl (C=O) groups is 1. The Bertz CT molecular complexity index is 290. The highest BCUT2D eigenvalue weighted by Gasteiger charge is 2.31. The lowest BCUT2D eigenvalue weighted by atomic mass is 10.0. The van der Waals surface area contributed by atoms with Crippen LogP contribution in [0.25, 0.3) is 0 Å². The quantitative estimate of drug-likeness (QED) is 0.714. The second kappa shape index (κ2) is 6.98. The first-order chi connectivity index (χ1) is 9.49. The van der Waals surface area contributed by atoms with E-state index in [1.165, 1.54) is 0 Å². The molecule has 0 saturated carbocycles. The van der Waals surface area contributed by atoms with Crippen LogP contribution in [0.1, 0.15) is 13.8 Å². The normalized spacial score (nSPS) is 27.4. The monoisotopic (exact) mass is 282 g/mol. The number of piperazine rings is 2. The number of hydrogen-bond acceptors (Lipinski definition) is 5. The van der Waals surface area contributed by atoms with Crippen LogP contribution in [-0.2, 0) is 4.79 Å². The highest BCUT2D eigenvalue weighted by Crippen LogP contribution is 2.12. The van der Waals surface area contributed by atoms with Crippen LogP contribution in [0.2, 0.25) is 0 Å². The van der Waals surface area contributed by atoms with Crippen molar-refractivity contribution in [2.45, 2.75) is 25.9 Å². The number of carbonyl (C=O) groups excluding carboxylic acids is 1. The van der Waals surface area contributed by atoms with E-state index in [1.807, 2.05) is 0 Å². The van der Waals surface area contributed by atoms with Gasteiger partial charge in [-0.25, -0.2) is 0 Å². The molecule has 2 saturated heterocycles. The Balaban J connectivity index is 1.86. The molecule has 5 heteroatoms. The van der Waals surface area contributed by atoms with Gasteiger partial charge in [0.1, 0.15) is 0 Å². The van der Waals surface area contributed by atoms with Crippen molar-refractivity contribution in [1.82, 2.24) is 19.6 Å². The van der Waals surface area contributed by atoms with Crippen LogP contribution in [-0.4, -0.2) is 104 Å². The number of likely N-dealkylation sites (N-methyl/N-ethyl adjacent to an activating group) is 2. The summed E-state index contributed by atoms with van der Waals surface area (Å²) in [6.45, 7) is 12.5. The van der Waals surface area contributed by atoms with Gasteiger partial charge in [-0.1, -0.05) is 0 Å². The molecular formula is C15H30N4O. The van der Waals surface area contributed by atoms with E-state index in [-0.39, 0.29) is 12.1 Å². The maximum Gasteiger partial charge on any atom is 0.166 e. The largest absolute Gasteiger partial charge is 0.304 e. The Kier molecular flexibility index (Phi) is 5.55. The number of hydrogen-bond donors (Lipinski definition) is 0. The van der Waals surface area contributed by atoms with Gasteiger partial charge in [-0.05, 0) is 27.9 Å². The van der Waals surface area contributed by atoms with Gasteiger partial charge in [0, 0.05) is 52.4 Å². The van der Waals surface area contributed by atoms with Crippen molar-refractivity contribution in [2.24, 2.45) is 0 Å². The smallest absolute Gasteiger partial charge is 0.166 e. The predicted molar refractivity (Wildman–Crippen MR) is 82.1 cm³/mol. The van der Waals surface area contributed by atoms with E-state index in [0.717, 1.165) is 52.4 Å². The lowest BCUT2D eigenvalue weighted by Gasteiger charge is -2.40. The summed E-state index contributed by atoms with van der Waals surface area (Å²) in [6.07, 6.45) is 0. The minimum Gasteiger partial charge on any atom is -0.304 e. The van der Waals surface area contributed by atoms with Crippen molar-refractivity contribution in [2.75, 3.05) is 66.5 Å². The second-order valence-electron chi connectivity index (χ2n) is 6.43. The maximum absolute atomic E-state index is 12.7. The molecule has 0 aromatic carbocycles. The SMILES string of the molecule is CC(C(=O)C(C)N1CCN(C)CC1)N1CCN(C)CC1. The summed E-state index contributed by atoms with van der Waals surface area (Å²) in [4.78, 5) is 22.0. The van der Waals surface area contributed by atoms with Gasteiger partial charge >= 0.3 is 0 Å². The molecule has 2 unspecified atom stereocenters. The molecule has 5 nitrogen and oxygen atoms in total. The molecule has 0 spiro atoms. The zero-order valence-electron chi connectivity index (χ0n) is 13.5. The first-order valence-electron chi connectivity index (χ1n) is 7.88. The third-order valence-electron chi connectivity index (χ3n) is 4.99. The van der Waals surface area contributed by atoms with E-state index in [9.17, 15) is 4.79 Å². The minimum absolute atomic E-state index is 0.0540. The summed E-state index contributed by atoms with van der Waals surface area (Å²) in [5.41, 5.74) is 0. The van der Waals surface area contributed by atoms with Crippen molar-refractivity contribution in [3.63, 3.8) is 0 Å². The minimum atomic E-state index is 0.0540. The average molecular weight is 282 g/mol. The van der Waals surface area contributed by atoms with Crippen LogP contribution in [0.4, 0.5) is 0 Å². The zero-order chi connectivity index (χ0) is 14.7. The molecule has 2 heterocycles. The molecule has 0 N–H and O–H groups in total. The Morgan fingerprint density at radius 2 is 1.00 bits per heavy atom. The van der Waals surface area contributed by atoms with Crippen LogP contribution in [0, 0.1) is 0 Å². The molecule has 2 fully saturated rings. The van der Waals surface area contributed by atoms with Crippen molar-refractivity contribution in [1.29, 1.82) is 0 Å². The van der Waals surface area contributed by atoms with Crippen molar-refractivity contribution >= 4 is 5.78 Å².